The van der Waals surface area contributed by atoms with Crippen LogP contribution < -0.4 is 10.1 Å². The molecular weight excluding hydrogens is 348 g/mol. The number of benzene rings is 1. The number of nitrogens with one attached hydrogen (secondary N) is 2. The Labute approximate surface area is 146 Å². The molecule has 2 aromatic rings. The Morgan fingerprint density at radius 3 is 2.50 bits per heavy atom. The van der Waals surface area contributed by atoms with Gasteiger partial charge in [0.05, 0.1) is 12.2 Å². The number of rotatable bonds is 6. The number of alkyl halides is 2. The van der Waals surface area contributed by atoms with Gasteiger partial charge in [0.15, 0.2) is 5.78 Å². The number of ketones is 1. The van der Waals surface area contributed by atoms with Crippen molar-refractivity contribution in [3.8, 4) is 5.75 Å². The summed E-state index contributed by atoms with van der Waals surface area (Å²) in [6, 6.07) is 7.84. The summed E-state index contributed by atoms with van der Waals surface area (Å²) in [6.07, 6.45) is 1.56. The largest absolute Gasteiger partial charge is 0.435 e. The van der Waals surface area contributed by atoms with E-state index < -0.39 is 36.4 Å². The van der Waals surface area contributed by atoms with Crippen molar-refractivity contribution in [2.75, 3.05) is 6.54 Å². The predicted molar refractivity (Wildman–Crippen MR) is 85.8 cm³/mol. The Balaban J connectivity index is 1.79. The van der Waals surface area contributed by atoms with Crippen molar-refractivity contribution >= 4 is 17.7 Å². The van der Waals surface area contributed by atoms with Crippen LogP contribution in [-0.2, 0) is 10.3 Å². The SMILES string of the molecule is CC1(c2ccc(OC(F)F)cc2)NC(=O)N(CC(=O)c2ccc[nH]2)C1=O. The first-order valence-electron chi connectivity index (χ1n) is 7.67. The molecule has 1 aromatic heterocycles. The molecule has 2 N–H and O–H groups in total. The Kier molecular flexibility index (Phi) is 4.45. The molecule has 7 nitrogen and oxygen atoms in total. The first-order valence-corrected chi connectivity index (χ1v) is 7.67. The highest BCUT2D eigenvalue weighted by atomic mass is 19.3. The van der Waals surface area contributed by atoms with Crippen molar-refractivity contribution in [2.45, 2.75) is 19.1 Å². The molecule has 1 saturated heterocycles. The lowest BCUT2D eigenvalue weighted by atomic mass is 9.92. The Morgan fingerprint density at radius 2 is 1.92 bits per heavy atom. The van der Waals surface area contributed by atoms with Crippen LogP contribution in [0.5, 0.6) is 5.75 Å². The number of H-pyrrole nitrogens is 1. The lowest BCUT2D eigenvalue weighted by molar-refractivity contribution is -0.130. The molecule has 1 aromatic carbocycles. The number of Topliss-reactive ketones (excluding diaryl/α,β-unsaturated/α-hetero) is 1. The van der Waals surface area contributed by atoms with Crippen LogP contribution in [0.2, 0.25) is 0 Å². The van der Waals surface area contributed by atoms with Crippen LogP contribution in [0.3, 0.4) is 0 Å². The molecule has 26 heavy (non-hydrogen) atoms. The minimum Gasteiger partial charge on any atom is -0.435 e. The molecule has 0 aliphatic carbocycles. The molecule has 3 rings (SSSR count). The average Bonchev–Trinajstić information content (AvgIpc) is 3.19. The van der Waals surface area contributed by atoms with E-state index in [2.05, 4.69) is 15.0 Å². The first-order chi connectivity index (χ1) is 12.3. The average molecular weight is 363 g/mol. The number of amides is 3. The van der Waals surface area contributed by atoms with Crippen molar-refractivity contribution in [3.63, 3.8) is 0 Å². The van der Waals surface area contributed by atoms with Gasteiger partial charge in [0.25, 0.3) is 5.91 Å². The topological polar surface area (TPSA) is 91.5 Å². The third kappa shape index (κ3) is 3.15. The van der Waals surface area contributed by atoms with Crippen LogP contribution in [-0.4, -0.2) is 40.8 Å². The number of nitrogens with zero attached hydrogens (tertiary/aromatic N) is 1. The fraction of sp³-hybridized carbons (Fsp3) is 0.235. The van der Waals surface area contributed by atoms with Crippen LogP contribution in [0, 0.1) is 0 Å². The first kappa shape index (κ1) is 17.6. The van der Waals surface area contributed by atoms with Crippen molar-refractivity contribution in [3.05, 3.63) is 53.9 Å². The van der Waals surface area contributed by atoms with Crippen molar-refractivity contribution in [2.24, 2.45) is 0 Å². The Hall–Kier alpha value is -3.23. The highest BCUT2D eigenvalue weighted by molar-refractivity contribution is 6.10. The second kappa shape index (κ2) is 6.58. The molecule has 1 aliphatic rings. The minimum atomic E-state index is -2.96. The molecule has 1 atom stereocenters. The van der Waals surface area contributed by atoms with Gasteiger partial charge < -0.3 is 15.0 Å². The van der Waals surface area contributed by atoms with E-state index in [1.165, 1.54) is 31.2 Å². The molecule has 1 unspecified atom stereocenters. The summed E-state index contributed by atoms with van der Waals surface area (Å²) in [6.45, 7) is -1.89. The number of aromatic nitrogens is 1. The smallest absolute Gasteiger partial charge is 0.387 e. The van der Waals surface area contributed by atoms with Crippen LogP contribution in [0.1, 0.15) is 23.0 Å². The van der Waals surface area contributed by atoms with Crippen molar-refractivity contribution in [1.82, 2.24) is 15.2 Å². The molecule has 1 aliphatic heterocycles. The van der Waals surface area contributed by atoms with E-state index in [4.69, 9.17) is 0 Å². The zero-order valence-corrected chi connectivity index (χ0v) is 13.7. The minimum absolute atomic E-state index is 0.0668. The summed E-state index contributed by atoms with van der Waals surface area (Å²) in [5, 5.41) is 2.54. The van der Waals surface area contributed by atoms with Crippen molar-refractivity contribution < 1.29 is 27.9 Å². The van der Waals surface area contributed by atoms with Gasteiger partial charge in [0.1, 0.15) is 11.3 Å². The highest BCUT2D eigenvalue weighted by Gasteiger charge is 2.49. The number of aromatic amines is 1. The third-order valence-corrected chi connectivity index (χ3v) is 4.13. The van der Waals surface area contributed by atoms with Gasteiger partial charge in [-0.25, -0.2) is 4.79 Å². The number of carbonyl (C=O) groups excluding carboxylic acids is 3. The maximum Gasteiger partial charge on any atom is 0.387 e. The second-order valence-corrected chi connectivity index (χ2v) is 5.86. The number of hydrogen-bond donors (Lipinski definition) is 2. The van der Waals surface area contributed by atoms with Gasteiger partial charge in [-0.2, -0.15) is 8.78 Å². The summed E-state index contributed by atoms with van der Waals surface area (Å²) < 4.78 is 28.7. The highest BCUT2D eigenvalue weighted by Crippen LogP contribution is 2.30. The fourth-order valence-corrected chi connectivity index (χ4v) is 2.74. The van der Waals surface area contributed by atoms with E-state index in [0.717, 1.165) is 4.90 Å². The molecular formula is C17H15F2N3O4. The standard InChI is InChI=1S/C17H15F2N3O4/c1-17(10-4-6-11(7-5-10)26-15(18)19)14(24)22(16(25)21-17)9-13(23)12-3-2-8-20-12/h2-8,15,20H,9H2,1H3,(H,21,25). The van der Waals surface area contributed by atoms with E-state index in [0.29, 0.717) is 5.56 Å². The summed E-state index contributed by atoms with van der Waals surface area (Å²) in [7, 11) is 0. The Morgan fingerprint density at radius 1 is 1.23 bits per heavy atom. The van der Waals surface area contributed by atoms with Crippen LogP contribution in [0.25, 0.3) is 0 Å². The van der Waals surface area contributed by atoms with Crippen LogP contribution in [0.15, 0.2) is 42.6 Å². The number of halogens is 2. The molecule has 0 bridgehead atoms. The predicted octanol–water partition coefficient (Wildman–Crippen LogP) is 2.27. The molecule has 1 fully saturated rings. The normalized spacial score (nSPS) is 19.8. The van der Waals surface area contributed by atoms with Gasteiger partial charge in [-0.1, -0.05) is 12.1 Å². The molecule has 2 heterocycles. The number of ether oxygens (including phenoxy) is 1. The maximum atomic E-state index is 12.7. The van der Waals surface area contributed by atoms with E-state index in [9.17, 15) is 23.2 Å². The van der Waals surface area contributed by atoms with Gasteiger partial charge in [-0.15, -0.1) is 0 Å². The van der Waals surface area contributed by atoms with E-state index in [1.807, 2.05) is 0 Å². The summed E-state index contributed by atoms with van der Waals surface area (Å²) in [4.78, 5) is 40.6. The third-order valence-electron chi connectivity index (χ3n) is 4.13. The van der Waals surface area contributed by atoms with Gasteiger partial charge in [0.2, 0.25) is 0 Å². The van der Waals surface area contributed by atoms with Gasteiger partial charge in [-0.3, -0.25) is 14.5 Å². The zero-order chi connectivity index (χ0) is 18.9. The molecule has 136 valence electrons. The van der Waals surface area contributed by atoms with Crippen molar-refractivity contribution in [1.29, 1.82) is 0 Å². The van der Waals surface area contributed by atoms with Gasteiger partial charge >= 0.3 is 12.6 Å². The fourth-order valence-electron chi connectivity index (χ4n) is 2.74. The van der Waals surface area contributed by atoms with Crippen LogP contribution in [0.4, 0.5) is 13.6 Å². The number of imide groups is 1. The quantitative estimate of drug-likeness (QED) is 0.608. The lowest BCUT2D eigenvalue weighted by Gasteiger charge is -2.22. The summed E-state index contributed by atoms with van der Waals surface area (Å²) in [5.41, 5.74) is -0.740. The van der Waals surface area contributed by atoms with Gasteiger partial charge in [-0.05, 0) is 36.8 Å². The molecule has 0 spiro atoms. The maximum absolute atomic E-state index is 12.7. The number of carbonyl (C=O) groups is 3. The second-order valence-electron chi connectivity index (χ2n) is 5.86. The van der Waals surface area contributed by atoms with E-state index >= 15 is 0 Å². The molecule has 0 saturated carbocycles. The summed E-state index contributed by atoms with van der Waals surface area (Å²) >= 11 is 0. The van der Waals surface area contributed by atoms with E-state index in [1.54, 1.807) is 18.3 Å². The van der Waals surface area contributed by atoms with Crippen LogP contribution >= 0.6 is 0 Å². The number of urea groups is 1. The zero-order valence-electron chi connectivity index (χ0n) is 13.7. The summed E-state index contributed by atoms with van der Waals surface area (Å²) in [5.74, 6) is -1.09. The number of hydrogen-bond acceptors (Lipinski definition) is 4. The van der Waals surface area contributed by atoms with Gasteiger partial charge in [0, 0.05) is 6.20 Å². The molecule has 3 amide bonds. The monoisotopic (exact) mass is 363 g/mol. The van der Waals surface area contributed by atoms with E-state index in [-0.39, 0.29) is 11.4 Å². The Bertz CT molecular complexity index is 836. The molecule has 9 heteroatoms. The molecule has 0 radical (unpaired) electrons. The lowest BCUT2D eigenvalue weighted by Crippen LogP contribution is -2.41.